The number of benzene rings is 2. The van der Waals surface area contributed by atoms with E-state index < -0.39 is 0 Å². The van der Waals surface area contributed by atoms with Gasteiger partial charge in [-0.25, -0.2) is 4.98 Å². The van der Waals surface area contributed by atoms with Crippen molar-refractivity contribution in [2.24, 2.45) is 0 Å². The summed E-state index contributed by atoms with van der Waals surface area (Å²) in [4.78, 5) is 32.6. The van der Waals surface area contributed by atoms with Crippen molar-refractivity contribution >= 4 is 11.7 Å². The van der Waals surface area contributed by atoms with Crippen molar-refractivity contribution in [2.45, 2.75) is 26.2 Å². The number of hydrogen-bond acceptors (Lipinski definition) is 3. The van der Waals surface area contributed by atoms with Crippen molar-refractivity contribution in [2.75, 3.05) is 5.32 Å². The number of aromatic nitrogens is 2. The van der Waals surface area contributed by atoms with Crippen molar-refractivity contribution in [1.29, 1.82) is 0 Å². The number of anilines is 1. The summed E-state index contributed by atoms with van der Waals surface area (Å²) < 4.78 is 0. The lowest BCUT2D eigenvalue weighted by molar-refractivity contribution is -0.116. The van der Waals surface area contributed by atoms with Crippen LogP contribution in [0.15, 0.2) is 53.3 Å². The van der Waals surface area contributed by atoms with E-state index >= 15 is 0 Å². The van der Waals surface area contributed by atoms with Gasteiger partial charge in [0, 0.05) is 17.9 Å². The number of H-pyrrole nitrogens is 1. The van der Waals surface area contributed by atoms with E-state index in [0.717, 1.165) is 22.3 Å². The molecule has 1 aliphatic rings. The van der Waals surface area contributed by atoms with Crippen LogP contribution >= 0.6 is 0 Å². The van der Waals surface area contributed by atoms with Crippen LogP contribution in [-0.2, 0) is 4.79 Å². The zero-order valence-corrected chi connectivity index (χ0v) is 14.7. The van der Waals surface area contributed by atoms with E-state index in [4.69, 9.17) is 0 Å². The first-order valence-corrected chi connectivity index (χ1v) is 8.59. The van der Waals surface area contributed by atoms with Gasteiger partial charge in [-0.05, 0) is 25.0 Å². The third-order valence-corrected chi connectivity index (χ3v) is 4.81. The van der Waals surface area contributed by atoms with E-state index in [1.54, 1.807) is 0 Å². The molecule has 0 aliphatic carbocycles. The molecule has 5 nitrogen and oxygen atoms in total. The number of aromatic amines is 1. The molecule has 1 aromatic heterocycles. The van der Waals surface area contributed by atoms with Crippen LogP contribution in [-0.4, -0.2) is 15.9 Å². The molecule has 0 fully saturated rings. The third-order valence-electron chi connectivity index (χ3n) is 4.81. The molecule has 0 unspecified atom stereocenters. The Hall–Kier alpha value is -3.21. The lowest BCUT2D eigenvalue weighted by Crippen LogP contribution is -2.31. The van der Waals surface area contributed by atoms with Gasteiger partial charge in [0.15, 0.2) is 0 Å². The zero-order chi connectivity index (χ0) is 18.3. The topological polar surface area (TPSA) is 74.8 Å². The molecule has 3 aromatic rings. The van der Waals surface area contributed by atoms with Crippen LogP contribution in [0.3, 0.4) is 0 Å². The highest BCUT2D eigenvalue weighted by Crippen LogP contribution is 2.36. The second-order valence-electron chi connectivity index (χ2n) is 6.71. The number of nitrogens with one attached hydrogen (secondary N) is 2. The molecule has 2 aromatic carbocycles. The molecule has 0 spiro atoms. The molecule has 1 aliphatic heterocycles. The van der Waals surface area contributed by atoms with Gasteiger partial charge in [0.2, 0.25) is 5.91 Å². The summed E-state index contributed by atoms with van der Waals surface area (Å²) >= 11 is 0. The van der Waals surface area contributed by atoms with E-state index in [-0.39, 0.29) is 23.8 Å². The Morgan fingerprint density at radius 2 is 1.81 bits per heavy atom. The maximum Gasteiger partial charge on any atom is 0.257 e. The van der Waals surface area contributed by atoms with E-state index in [1.807, 2.05) is 62.4 Å². The Labute approximate surface area is 151 Å². The Kier molecular flexibility index (Phi) is 3.92. The van der Waals surface area contributed by atoms with Crippen LogP contribution in [0.2, 0.25) is 0 Å². The molecule has 0 bridgehead atoms. The van der Waals surface area contributed by atoms with E-state index in [1.165, 1.54) is 0 Å². The highest BCUT2D eigenvalue weighted by Gasteiger charge is 2.31. The Bertz CT molecular complexity index is 1050. The number of nitrogens with zero attached hydrogens (tertiary/aromatic N) is 1. The van der Waals surface area contributed by atoms with Gasteiger partial charge >= 0.3 is 0 Å². The predicted octanol–water partition coefficient (Wildman–Crippen LogP) is 3.53. The van der Waals surface area contributed by atoms with Crippen molar-refractivity contribution in [1.82, 2.24) is 9.97 Å². The summed E-state index contributed by atoms with van der Waals surface area (Å²) in [5.41, 5.74) is 4.28. The molecule has 5 heteroatoms. The van der Waals surface area contributed by atoms with Gasteiger partial charge in [-0.3, -0.25) is 9.59 Å². The molecular weight excluding hydrogens is 326 g/mol. The van der Waals surface area contributed by atoms with E-state index in [0.29, 0.717) is 17.2 Å². The number of hydrogen-bond donors (Lipinski definition) is 2. The number of carbonyl (C=O) groups is 1. The fourth-order valence-corrected chi connectivity index (χ4v) is 3.51. The normalized spacial score (nSPS) is 16.1. The molecule has 0 saturated heterocycles. The maximum atomic E-state index is 12.9. The quantitative estimate of drug-likeness (QED) is 0.746. The van der Waals surface area contributed by atoms with Gasteiger partial charge in [-0.2, -0.15) is 0 Å². The third kappa shape index (κ3) is 2.81. The van der Waals surface area contributed by atoms with Crippen LogP contribution in [0, 0.1) is 13.8 Å². The summed E-state index contributed by atoms with van der Waals surface area (Å²) in [6, 6.07) is 15.5. The highest BCUT2D eigenvalue weighted by molar-refractivity contribution is 5.94. The molecule has 0 saturated carbocycles. The Morgan fingerprint density at radius 1 is 1.04 bits per heavy atom. The highest BCUT2D eigenvalue weighted by atomic mass is 16.2. The molecule has 26 heavy (non-hydrogen) atoms. The minimum absolute atomic E-state index is 0.125. The van der Waals surface area contributed by atoms with Gasteiger partial charge in [0.1, 0.15) is 11.6 Å². The lowest BCUT2D eigenvalue weighted by atomic mass is 9.84. The standard InChI is InChI=1S/C21H19N3O2/c1-12-8-9-13(2)15(10-12)16-11-17(25)22-20-18(16)21(26)24-19(23-20)14-6-4-3-5-7-14/h3-10,16H,11H2,1-2H3,(H2,22,23,24,25,26)/t16-/m0/s1. The summed E-state index contributed by atoms with van der Waals surface area (Å²) in [5.74, 6) is 0.395. The Morgan fingerprint density at radius 3 is 2.58 bits per heavy atom. The van der Waals surface area contributed by atoms with E-state index in [9.17, 15) is 9.59 Å². The smallest absolute Gasteiger partial charge is 0.257 e. The molecule has 1 amide bonds. The molecule has 130 valence electrons. The number of carbonyl (C=O) groups excluding carboxylic acids is 1. The SMILES string of the molecule is Cc1ccc(C)c([C@@H]2CC(=O)Nc3nc(-c4ccccc4)[nH]c(=O)c32)c1. The maximum absolute atomic E-state index is 12.9. The van der Waals surface area contributed by atoms with Crippen LogP contribution in [0.25, 0.3) is 11.4 Å². The van der Waals surface area contributed by atoms with Crippen molar-refractivity contribution in [3.63, 3.8) is 0 Å². The van der Waals surface area contributed by atoms with Crippen molar-refractivity contribution in [3.05, 3.63) is 81.1 Å². The van der Waals surface area contributed by atoms with Gasteiger partial charge < -0.3 is 10.3 Å². The number of fused-ring (bicyclic) bond motifs is 1. The predicted molar refractivity (Wildman–Crippen MR) is 101 cm³/mol. The van der Waals surface area contributed by atoms with E-state index in [2.05, 4.69) is 15.3 Å². The monoisotopic (exact) mass is 345 g/mol. The minimum atomic E-state index is -0.292. The second kappa shape index (κ2) is 6.26. The van der Waals surface area contributed by atoms with Crippen LogP contribution in [0.1, 0.15) is 34.6 Å². The number of aryl methyl sites for hydroxylation is 2. The van der Waals surface area contributed by atoms with Crippen molar-refractivity contribution in [3.8, 4) is 11.4 Å². The molecule has 4 rings (SSSR count). The summed E-state index contributed by atoms with van der Waals surface area (Å²) in [5, 5.41) is 2.77. The first-order chi connectivity index (χ1) is 12.5. The first kappa shape index (κ1) is 16.3. The fraction of sp³-hybridized carbons (Fsp3) is 0.190. The molecule has 1 atom stereocenters. The lowest BCUT2D eigenvalue weighted by Gasteiger charge is -2.26. The molecular formula is C21H19N3O2. The first-order valence-electron chi connectivity index (χ1n) is 8.59. The summed E-state index contributed by atoms with van der Waals surface area (Å²) in [6.07, 6.45) is 0.243. The van der Waals surface area contributed by atoms with Gasteiger partial charge in [0.05, 0.1) is 5.56 Å². The molecule has 0 radical (unpaired) electrons. The van der Waals surface area contributed by atoms with Gasteiger partial charge in [0.25, 0.3) is 5.56 Å². The molecule has 2 N–H and O–H groups in total. The summed E-state index contributed by atoms with van der Waals surface area (Å²) in [6.45, 7) is 4.01. The Balaban J connectivity index is 1.90. The zero-order valence-electron chi connectivity index (χ0n) is 14.7. The van der Waals surface area contributed by atoms with Crippen LogP contribution < -0.4 is 10.9 Å². The number of rotatable bonds is 2. The average molecular weight is 345 g/mol. The minimum Gasteiger partial charge on any atom is -0.310 e. The van der Waals surface area contributed by atoms with Gasteiger partial charge in [-0.15, -0.1) is 0 Å². The number of amides is 1. The van der Waals surface area contributed by atoms with Crippen molar-refractivity contribution < 1.29 is 4.79 Å². The fourth-order valence-electron chi connectivity index (χ4n) is 3.51. The summed E-state index contributed by atoms with van der Waals surface area (Å²) in [7, 11) is 0. The van der Waals surface area contributed by atoms with Gasteiger partial charge in [-0.1, -0.05) is 54.1 Å². The van der Waals surface area contributed by atoms with Crippen LogP contribution in [0.4, 0.5) is 5.82 Å². The van der Waals surface area contributed by atoms with Crippen LogP contribution in [0.5, 0.6) is 0 Å². The largest absolute Gasteiger partial charge is 0.310 e. The average Bonchev–Trinajstić information content (AvgIpc) is 2.63. The second-order valence-corrected chi connectivity index (χ2v) is 6.71. The molecule has 2 heterocycles.